The number of ketones is 1. The summed E-state index contributed by atoms with van der Waals surface area (Å²) in [5.74, 6) is -0.255. The molecule has 1 fully saturated rings. The van der Waals surface area contributed by atoms with E-state index in [0.29, 0.717) is 30.7 Å². The van der Waals surface area contributed by atoms with E-state index in [9.17, 15) is 13.2 Å². The molecule has 1 saturated heterocycles. The Kier molecular flexibility index (Phi) is 8.42. The van der Waals surface area contributed by atoms with Gasteiger partial charge in [0.2, 0.25) is 10.0 Å². The van der Waals surface area contributed by atoms with Crippen LogP contribution in [0.5, 0.6) is 0 Å². The first kappa shape index (κ1) is 26.7. The fourth-order valence-electron chi connectivity index (χ4n) is 5.42. The second-order valence-electron chi connectivity index (χ2n) is 10.1. The van der Waals surface area contributed by atoms with Crippen molar-refractivity contribution in [1.82, 2.24) is 14.1 Å². The molecule has 2 aromatic carbocycles. The highest BCUT2D eigenvalue weighted by molar-refractivity contribution is 7.88. The predicted octanol–water partition coefficient (Wildman–Crippen LogP) is 3.01. The third-order valence-corrected chi connectivity index (χ3v) is 8.63. The number of aliphatic hydroxyl groups excluding tert-OH is 1. The summed E-state index contributed by atoms with van der Waals surface area (Å²) < 4.78 is 25.3. The third-order valence-electron chi connectivity index (χ3n) is 7.36. The molecule has 0 radical (unpaired) electrons. The van der Waals surface area contributed by atoms with E-state index in [1.54, 1.807) is 12.1 Å². The quantitative estimate of drug-likeness (QED) is 0.549. The fourth-order valence-corrected chi connectivity index (χ4v) is 6.19. The number of sulfonamides is 1. The largest absolute Gasteiger partial charge is 0.388 e. The van der Waals surface area contributed by atoms with Gasteiger partial charge in [-0.2, -0.15) is 4.31 Å². The molecule has 2 atom stereocenters. The van der Waals surface area contributed by atoms with E-state index in [1.165, 1.54) is 27.3 Å². The molecule has 2 aliphatic rings. The van der Waals surface area contributed by atoms with Crippen LogP contribution in [0.15, 0.2) is 54.6 Å². The molecule has 1 N–H and O–H groups in total. The van der Waals surface area contributed by atoms with Crippen molar-refractivity contribution < 1.29 is 18.3 Å². The van der Waals surface area contributed by atoms with Crippen LogP contribution in [-0.4, -0.2) is 84.5 Å². The summed E-state index contributed by atoms with van der Waals surface area (Å²) in [7, 11) is -3.16. The van der Waals surface area contributed by atoms with Gasteiger partial charge >= 0.3 is 0 Å². The molecule has 0 amide bonds. The molecular formula is C28H37N3O4S. The molecular weight excluding hydrogens is 474 g/mol. The molecule has 2 aliphatic heterocycles. The molecule has 2 heterocycles. The number of hydrogen-bond acceptors (Lipinski definition) is 6. The molecule has 0 saturated carbocycles. The standard InChI is InChI=1S/C28H37N3O4S/c1-21-16-29(18-23-8-10-25(11-9-23)28(33)20-32)17-22(2)31(21)19-26-6-4-5-7-27(26)24-12-14-30(15-13-24)36(3,34)35/h4-12,21-22,32H,13-20H2,1-3H3/t21-,22+. The zero-order valence-electron chi connectivity index (χ0n) is 21.4. The van der Waals surface area contributed by atoms with Crippen molar-refractivity contribution >= 4 is 21.4 Å². The molecule has 0 spiro atoms. The predicted molar refractivity (Wildman–Crippen MR) is 143 cm³/mol. The molecule has 194 valence electrons. The maximum atomic E-state index is 11.9. The lowest BCUT2D eigenvalue weighted by Crippen LogP contribution is -2.55. The highest BCUT2D eigenvalue weighted by Crippen LogP contribution is 2.29. The Labute approximate surface area is 215 Å². The minimum absolute atomic E-state index is 0.255. The van der Waals surface area contributed by atoms with Gasteiger partial charge in [0.15, 0.2) is 5.78 Å². The van der Waals surface area contributed by atoms with Gasteiger partial charge in [0, 0.05) is 56.9 Å². The van der Waals surface area contributed by atoms with E-state index in [-0.39, 0.29) is 5.78 Å². The van der Waals surface area contributed by atoms with Crippen molar-refractivity contribution in [1.29, 1.82) is 0 Å². The Morgan fingerprint density at radius 1 is 1.00 bits per heavy atom. The van der Waals surface area contributed by atoms with Crippen molar-refractivity contribution in [3.8, 4) is 0 Å². The first-order chi connectivity index (χ1) is 17.2. The Balaban J connectivity index is 1.41. The van der Waals surface area contributed by atoms with Gasteiger partial charge in [-0.05, 0) is 42.5 Å². The van der Waals surface area contributed by atoms with Gasteiger partial charge < -0.3 is 5.11 Å². The van der Waals surface area contributed by atoms with Crippen molar-refractivity contribution in [2.75, 3.05) is 39.0 Å². The number of nitrogens with zero attached hydrogens (tertiary/aromatic N) is 3. The average Bonchev–Trinajstić information content (AvgIpc) is 2.86. The smallest absolute Gasteiger partial charge is 0.211 e. The topological polar surface area (TPSA) is 81.2 Å². The Hall–Kier alpha value is -2.36. The second-order valence-corrected chi connectivity index (χ2v) is 12.1. The van der Waals surface area contributed by atoms with Crippen molar-refractivity contribution in [3.63, 3.8) is 0 Å². The van der Waals surface area contributed by atoms with Gasteiger partial charge in [0.1, 0.15) is 6.61 Å². The lowest BCUT2D eigenvalue weighted by Gasteiger charge is -2.45. The minimum Gasteiger partial charge on any atom is -0.388 e. The number of Topliss-reactive ketones (excluding diaryl/α,β-unsaturated/α-hetero) is 1. The number of rotatable bonds is 8. The van der Waals surface area contributed by atoms with Crippen LogP contribution in [-0.2, 0) is 23.1 Å². The van der Waals surface area contributed by atoms with Gasteiger partial charge in [-0.15, -0.1) is 0 Å². The summed E-state index contributed by atoms with van der Waals surface area (Å²) in [6, 6.07) is 16.8. The fraction of sp³-hybridized carbons (Fsp3) is 0.464. The Morgan fingerprint density at radius 3 is 2.25 bits per heavy atom. The van der Waals surface area contributed by atoms with Crippen LogP contribution in [0, 0.1) is 0 Å². The van der Waals surface area contributed by atoms with Crippen LogP contribution in [0.3, 0.4) is 0 Å². The van der Waals surface area contributed by atoms with Gasteiger partial charge in [0.05, 0.1) is 6.26 Å². The van der Waals surface area contributed by atoms with Crippen molar-refractivity contribution in [3.05, 3.63) is 76.9 Å². The zero-order valence-corrected chi connectivity index (χ0v) is 22.2. The Morgan fingerprint density at radius 2 is 1.67 bits per heavy atom. The molecule has 7 nitrogen and oxygen atoms in total. The molecule has 36 heavy (non-hydrogen) atoms. The van der Waals surface area contributed by atoms with Crippen LogP contribution in [0.25, 0.3) is 5.57 Å². The zero-order chi connectivity index (χ0) is 25.9. The summed E-state index contributed by atoms with van der Waals surface area (Å²) >= 11 is 0. The SMILES string of the molecule is C[C@@H]1CN(Cc2ccc(C(=O)CO)cc2)C[C@H](C)N1Cc1ccccc1C1=CCN(S(C)(=O)=O)CC1. The number of carbonyl (C=O) groups is 1. The molecule has 0 bridgehead atoms. The van der Waals surface area contributed by atoms with Crippen LogP contribution in [0.2, 0.25) is 0 Å². The number of hydrogen-bond donors (Lipinski definition) is 1. The summed E-state index contributed by atoms with van der Waals surface area (Å²) in [5, 5.41) is 9.05. The van der Waals surface area contributed by atoms with Gasteiger partial charge in [-0.3, -0.25) is 14.6 Å². The van der Waals surface area contributed by atoms with E-state index >= 15 is 0 Å². The second kappa shape index (κ2) is 11.4. The maximum absolute atomic E-state index is 11.9. The van der Waals surface area contributed by atoms with Crippen molar-refractivity contribution in [2.24, 2.45) is 0 Å². The van der Waals surface area contributed by atoms with Crippen LogP contribution in [0.1, 0.15) is 47.3 Å². The maximum Gasteiger partial charge on any atom is 0.211 e. The molecule has 4 rings (SSSR count). The summed E-state index contributed by atoms with van der Waals surface area (Å²) in [4.78, 5) is 16.7. The van der Waals surface area contributed by atoms with Crippen molar-refractivity contribution in [2.45, 2.75) is 45.4 Å². The number of carbonyl (C=O) groups excluding carboxylic acids is 1. The van der Waals surface area contributed by atoms with Gasteiger partial charge in [0.25, 0.3) is 0 Å². The van der Waals surface area contributed by atoms with Gasteiger partial charge in [-0.25, -0.2) is 8.42 Å². The number of piperazine rings is 1. The Bertz CT molecular complexity index is 1200. The van der Waals surface area contributed by atoms with E-state index in [4.69, 9.17) is 5.11 Å². The third kappa shape index (κ3) is 6.30. The van der Waals surface area contributed by atoms with Gasteiger partial charge in [-0.1, -0.05) is 54.6 Å². The molecule has 8 heteroatoms. The average molecular weight is 512 g/mol. The lowest BCUT2D eigenvalue weighted by molar-refractivity contribution is 0.0290. The first-order valence-electron chi connectivity index (χ1n) is 12.6. The number of benzene rings is 2. The normalized spacial score (nSPS) is 22.4. The summed E-state index contributed by atoms with van der Waals surface area (Å²) in [6.45, 7) is 8.65. The molecule has 2 aromatic rings. The van der Waals surface area contributed by atoms with Crippen LogP contribution >= 0.6 is 0 Å². The lowest BCUT2D eigenvalue weighted by atomic mass is 9.94. The monoisotopic (exact) mass is 511 g/mol. The van der Waals surface area contributed by atoms with Crippen LogP contribution < -0.4 is 0 Å². The van der Waals surface area contributed by atoms with E-state index in [0.717, 1.165) is 38.2 Å². The summed E-state index contributed by atoms with van der Waals surface area (Å²) in [5.41, 5.74) is 5.45. The number of aliphatic hydroxyl groups is 1. The molecule has 0 aromatic heterocycles. The van der Waals surface area contributed by atoms with E-state index in [1.807, 2.05) is 12.1 Å². The first-order valence-corrected chi connectivity index (χ1v) is 14.4. The van der Waals surface area contributed by atoms with Crippen LogP contribution in [0.4, 0.5) is 0 Å². The van der Waals surface area contributed by atoms with E-state index in [2.05, 4.69) is 54.0 Å². The summed E-state index contributed by atoms with van der Waals surface area (Å²) in [6.07, 6.45) is 4.06. The highest BCUT2D eigenvalue weighted by atomic mass is 32.2. The van der Waals surface area contributed by atoms with E-state index < -0.39 is 16.6 Å². The molecule has 0 aliphatic carbocycles. The highest BCUT2D eigenvalue weighted by Gasteiger charge is 2.30. The minimum atomic E-state index is -3.16. The molecule has 0 unspecified atom stereocenters.